The number of halogens is 1. The molecule has 0 unspecified atom stereocenters. The topological polar surface area (TPSA) is 65.2 Å². The Morgan fingerprint density at radius 3 is 2.89 bits per heavy atom. The summed E-state index contributed by atoms with van der Waals surface area (Å²) in [4.78, 5) is 30.6. The average molecular weight is 435 g/mol. The second-order valence-corrected chi connectivity index (χ2v) is 8.78. The molecule has 28 heavy (non-hydrogen) atoms. The van der Waals surface area contributed by atoms with Crippen LogP contribution in [0.25, 0.3) is 10.2 Å². The van der Waals surface area contributed by atoms with Gasteiger partial charge in [0.1, 0.15) is 11.9 Å². The first kappa shape index (κ1) is 20.6. The number of hydrogen-bond acceptors (Lipinski definition) is 4. The summed E-state index contributed by atoms with van der Waals surface area (Å²) >= 11 is 8.82. The molecule has 3 rings (SSSR count). The lowest BCUT2D eigenvalue weighted by Gasteiger charge is -2.08. The first-order valence-electron chi connectivity index (χ1n) is 8.81. The van der Waals surface area contributed by atoms with E-state index >= 15 is 0 Å². The number of fused-ring (bicyclic) bond motifs is 1. The van der Waals surface area contributed by atoms with Gasteiger partial charge in [0, 0.05) is 15.6 Å². The molecule has 1 amide bonds. The van der Waals surface area contributed by atoms with Gasteiger partial charge in [0.2, 0.25) is 5.91 Å². The smallest absolute Gasteiger partial charge is 0.325 e. The number of H-pyrrole nitrogens is 1. The summed E-state index contributed by atoms with van der Waals surface area (Å²) in [5.41, 5.74) is 1.55. The summed E-state index contributed by atoms with van der Waals surface area (Å²) < 4.78 is 1.62. The van der Waals surface area contributed by atoms with Crippen LogP contribution in [0.15, 0.2) is 46.9 Å². The van der Waals surface area contributed by atoms with Gasteiger partial charge in [-0.25, -0.2) is 9.78 Å². The number of aromatic nitrogens is 2. The number of carbonyl (C=O) groups excluding carboxylic acids is 1. The summed E-state index contributed by atoms with van der Waals surface area (Å²) in [6.45, 7) is 8.07. The van der Waals surface area contributed by atoms with E-state index in [1.807, 2.05) is 13.0 Å². The maximum atomic E-state index is 12.9. The van der Waals surface area contributed by atoms with E-state index in [-0.39, 0.29) is 17.2 Å². The number of nitrogens with one attached hydrogen (secondary N) is 2. The van der Waals surface area contributed by atoms with Gasteiger partial charge < -0.3 is 5.32 Å². The van der Waals surface area contributed by atoms with E-state index in [4.69, 9.17) is 11.6 Å². The number of aryl methyl sites for hydroxylation is 2. The predicted molar refractivity (Wildman–Crippen MR) is 118 cm³/mol. The van der Waals surface area contributed by atoms with Crippen molar-refractivity contribution in [2.75, 3.05) is 11.1 Å². The molecule has 0 atom stereocenters. The van der Waals surface area contributed by atoms with Gasteiger partial charge in [-0.1, -0.05) is 42.5 Å². The number of hydrogen-bond donors (Lipinski definition) is 1. The predicted octanol–water partition coefficient (Wildman–Crippen LogP) is 4.32. The minimum Gasteiger partial charge on any atom is -0.325 e. The molecular formula is C20H21ClN3O2S2+. The van der Waals surface area contributed by atoms with Gasteiger partial charge in [-0.05, 0) is 54.9 Å². The largest absolute Gasteiger partial charge is 0.347 e. The molecule has 1 aromatic carbocycles. The van der Waals surface area contributed by atoms with Crippen molar-refractivity contribution in [1.82, 2.24) is 4.57 Å². The summed E-state index contributed by atoms with van der Waals surface area (Å²) in [5.74, 6) is 0.0223. The van der Waals surface area contributed by atoms with Gasteiger partial charge in [0.05, 0.1) is 5.75 Å². The van der Waals surface area contributed by atoms with E-state index in [0.29, 0.717) is 22.1 Å². The number of allylic oxidation sites excluding steroid dienone is 1. The lowest BCUT2D eigenvalue weighted by Crippen LogP contribution is -2.29. The molecule has 0 aliphatic carbocycles. The Hall–Kier alpha value is -2.09. The summed E-state index contributed by atoms with van der Waals surface area (Å²) in [7, 11) is 0. The Morgan fingerprint density at radius 2 is 2.21 bits per heavy atom. The third kappa shape index (κ3) is 4.48. The normalized spacial score (nSPS) is 11.0. The highest BCUT2D eigenvalue weighted by atomic mass is 35.5. The van der Waals surface area contributed by atoms with Crippen LogP contribution in [0.5, 0.6) is 0 Å². The lowest BCUT2D eigenvalue weighted by atomic mass is 10.2. The summed E-state index contributed by atoms with van der Waals surface area (Å²) in [5, 5.41) is 4.83. The number of benzene rings is 1. The Balaban J connectivity index is 1.82. The molecule has 3 aromatic rings. The maximum absolute atomic E-state index is 12.9. The van der Waals surface area contributed by atoms with Crippen molar-refractivity contribution in [2.24, 2.45) is 0 Å². The van der Waals surface area contributed by atoms with E-state index in [0.717, 1.165) is 27.4 Å². The molecule has 0 bridgehead atoms. The molecule has 2 aromatic heterocycles. The molecule has 5 nitrogen and oxygen atoms in total. The van der Waals surface area contributed by atoms with Crippen LogP contribution in [0.3, 0.4) is 0 Å². The zero-order valence-electron chi connectivity index (χ0n) is 15.7. The van der Waals surface area contributed by atoms with Crippen molar-refractivity contribution < 1.29 is 9.78 Å². The maximum Gasteiger partial charge on any atom is 0.347 e. The molecule has 0 aliphatic heterocycles. The van der Waals surface area contributed by atoms with E-state index in [2.05, 4.69) is 23.8 Å². The van der Waals surface area contributed by atoms with Crippen molar-refractivity contribution >= 4 is 56.5 Å². The van der Waals surface area contributed by atoms with Crippen molar-refractivity contribution in [1.29, 1.82) is 0 Å². The van der Waals surface area contributed by atoms with Crippen molar-refractivity contribution in [3.63, 3.8) is 0 Å². The number of aromatic amines is 1. The molecular weight excluding hydrogens is 414 g/mol. The molecule has 8 heteroatoms. The second-order valence-electron chi connectivity index (χ2n) is 6.24. The van der Waals surface area contributed by atoms with Crippen molar-refractivity contribution in [3.05, 3.63) is 62.7 Å². The zero-order valence-corrected chi connectivity index (χ0v) is 18.1. The van der Waals surface area contributed by atoms with Gasteiger partial charge in [-0.3, -0.25) is 4.79 Å². The Morgan fingerprint density at radius 1 is 1.43 bits per heavy atom. The number of nitrogens with zero attached hydrogens (tertiary/aromatic N) is 1. The van der Waals surface area contributed by atoms with Crippen LogP contribution in [0.2, 0.25) is 5.02 Å². The molecule has 0 spiro atoms. The fraction of sp³-hybridized carbons (Fsp3) is 0.250. The minimum atomic E-state index is -0.151. The highest BCUT2D eigenvalue weighted by Gasteiger charge is 2.21. The van der Waals surface area contributed by atoms with Gasteiger partial charge in [-0.2, -0.15) is 4.57 Å². The fourth-order valence-electron chi connectivity index (χ4n) is 2.77. The second kappa shape index (κ2) is 8.94. The van der Waals surface area contributed by atoms with E-state index in [1.54, 1.807) is 40.2 Å². The molecule has 146 valence electrons. The average Bonchev–Trinajstić information content (AvgIpc) is 3.08. The molecule has 0 radical (unpaired) electrons. The van der Waals surface area contributed by atoms with Gasteiger partial charge in [-0.15, -0.1) is 0 Å². The lowest BCUT2D eigenvalue weighted by molar-refractivity contribution is -0.404. The molecule has 0 saturated heterocycles. The molecule has 0 saturated carbocycles. The summed E-state index contributed by atoms with van der Waals surface area (Å²) in [6, 6.07) is 7.26. The van der Waals surface area contributed by atoms with Crippen LogP contribution in [0, 0.1) is 6.92 Å². The molecule has 0 aliphatic rings. The minimum absolute atomic E-state index is 0.0685. The third-order valence-corrected chi connectivity index (χ3v) is 6.62. The van der Waals surface area contributed by atoms with Crippen LogP contribution in [-0.2, 0) is 17.8 Å². The van der Waals surface area contributed by atoms with Crippen molar-refractivity contribution in [2.45, 2.75) is 32.0 Å². The van der Waals surface area contributed by atoms with Crippen LogP contribution >= 0.6 is 34.7 Å². The first-order valence-corrected chi connectivity index (χ1v) is 11.0. The van der Waals surface area contributed by atoms with Crippen LogP contribution in [0.4, 0.5) is 5.69 Å². The van der Waals surface area contributed by atoms with Crippen LogP contribution < -0.4 is 15.9 Å². The first-order chi connectivity index (χ1) is 13.4. The highest BCUT2D eigenvalue weighted by molar-refractivity contribution is 7.99. The van der Waals surface area contributed by atoms with E-state index < -0.39 is 0 Å². The Kier molecular flexibility index (Phi) is 6.59. The summed E-state index contributed by atoms with van der Waals surface area (Å²) in [6.07, 6.45) is 2.55. The number of thiophene rings is 1. The van der Waals surface area contributed by atoms with Crippen molar-refractivity contribution in [3.8, 4) is 0 Å². The quantitative estimate of drug-likeness (QED) is 0.342. The molecule has 0 fully saturated rings. The van der Waals surface area contributed by atoms with Crippen LogP contribution in [0.1, 0.15) is 17.4 Å². The monoisotopic (exact) mass is 434 g/mol. The highest BCUT2D eigenvalue weighted by Crippen LogP contribution is 2.23. The Labute approximate surface area is 176 Å². The number of anilines is 1. The third-order valence-electron chi connectivity index (χ3n) is 4.19. The number of amides is 1. The molecule has 2 N–H and O–H groups in total. The fourth-order valence-corrected chi connectivity index (χ4v) is 4.87. The number of thioether (sulfide) groups is 1. The standard InChI is InChI=1S/C20H20ClN3O2S2/c1-4-8-24-19(26)15-10-14(5-2)28-18(15)23-20(24)27-11-17(25)22-16-7-6-13(21)9-12(16)3/h4,6-7,9-10H,1,5,8,11H2,2-3H3,(H,22,25)/p+1. The van der Waals surface area contributed by atoms with Gasteiger partial charge in [0.15, 0.2) is 4.83 Å². The van der Waals surface area contributed by atoms with Crippen LogP contribution in [-0.4, -0.2) is 16.2 Å². The van der Waals surface area contributed by atoms with Gasteiger partial charge >= 0.3 is 10.7 Å². The van der Waals surface area contributed by atoms with Gasteiger partial charge in [0.25, 0.3) is 0 Å². The van der Waals surface area contributed by atoms with E-state index in [1.165, 1.54) is 11.8 Å². The van der Waals surface area contributed by atoms with E-state index in [9.17, 15) is 9.59 Å². The zero-order chi connectivity index (χ0) is 20.3. The molecule has 2 heterocycles. The number of rotatable bonds is 7. The SMILES string of the molecule is C=CCn1c(SCC(=O)Nc2ccc(Cl)cc2C)[nH+]c2sc(CC)cc2c1=O. The number of carbonyl (C=O) groups is 1. The Bertz CT molecular complexity index is 1100.